The number of carbonyl (C=O) groups is 3. The van der Waals surface area contributed by atoms with Gasteiger partial charge in [-0.2, -0.15) is 0 Å². The van der Waals surface area contributed by atoms with Crippen molar-refractivity contribution in [3.8, 4) is 0 Å². The summed E-state index contributed by atoms with van der Waals surface area (Å²) in [6.45, 7) is 2.57. The molecule has 0 saturated carbocycles. The maximum absolute atomic E-state index is 12.5. The summed E-state index contributed by atoms with van der Waals surface area (Å²) in [6.07, 6.45) is 38.7. The molecule has 0 bridgehead atoms. The van der Waals surface area contributed by atoms with Crippen molar-refractivity contribution in [2.75, 3.05) is 19.8 Å². The zero-order valence-electron chi connectivity index (χ0n) is 31.9. The summed E-state index contributed by atoms with van der Waals surface area (Å²) < 4.78 is 32.5. The van der Waals surface area contributed by atoms with Crippen molar-refractivity contribution in [2.45, 2.75) is 154 Å². The number of carboxylic acids is 1. The molecule has 0 aliphatic heterocycles. The number of esters is 2. The van der Waals surface area contributed by atoms with E-state index in [4.69, 9.17) is 24.8 Å². The number of hydrogen-bond donors (Lipinski definition) is 3. The molecule has 0 radical (unpaired) electrons. The molecule has 0 aromatic rings. The predicted octanol–water partition coefficient (Wildman–Crippen LogP) is 9.61. The Kier molecular flexibility index (Phi) is 33.3. The first-order valence-electron chi connectivity index (χ1n) is 19.4. The van der Waals surface area contributed by atoms with Crippen LogP contribution in [0.5, 0.6) is 0 Å². The van der Waals surface area contributed by atoms with Crippen LogP contribution in [0.25, 0.3) is 0 Å². The third-order valence-electron chi connectivity index (χ3n) is 7.84. The number of phosphoric ester groups is 1. The third kappa shape index (κ3) is 34.3. The van der Waals surface area contributed by atoms with Gasteiger partial charge in [-0.1, -0.05) is 132 Å². The van der Waals surface area contributed by atoms with Gasteiger partial charge in [0.05, 0.1) is 13.2 Å². The number of carboxylic acid groups (broad SMARTS) is 1. The van der Waals surface area contributed by atoms with E-state index in [2.05, 4.69) is 42.7 Å². The van der Waals surface area contributed by atoms with Crippen molar-refractivity contribution >= 4 is 25.7 Å². The van der Waals surface area contributed by atoms with Crippen LogP contribution < -0.4 is 5.73 Å². The largest absolute Gasteiger partial charge is 0.480 e. The molecule has 0 aliphatic rings. The van der Waals surface area contributed by atoms with Gasteiger partial charge in [-0.15, -0.1) is 0 Å². The summed E-state index contributed by atoms with van der Waals surface area (Å²) in [5, 5.41) is 8.86. The van der Waals surface area contributed by atoms with Gasteiger partial charge in [-0.25, -0.2) is 4.57 Å². The van der Waals surface area contributed by atoms with Crippen LogP contribution in [0.1, 0.15) is 142 Å². The smallest absolute Gasteiger partial charge is 0.472 e. The number of ether oxygens (including phenoxy) is 2. The molecule has 298 valence electrons. The minimum atomic E-state index is -4.72. The average Bonchev–Trinajstić information content (AvgIpc) is 3.12. The summed E-state index contributed by atoms with van der Waals surface area (Å²) in [7, 11) is -4.72. The molecule has 0 fully saturated rings. The van der Waals surface area contributed by atoms with E-state index in [-0.39, 0.29) is 19.4 Å². The van der Waals surface area contributed by atoms with Crippen LogP contribution in [0.2, 0.25) is 0 Å². The van der Waals surface area contributed by atoms with Crippen molar-refractivity contribution < 1.29 is 47.5 Å². The second-order valence-corrected chi connectivity index (χ2v) is 14.2. The number of unbranched alkanes of at least 4 members (excludes halogenated alkanes) is 14. The SMILES string of the molecule is CC/C=C/C=C/C=C/C=C/CCCCCC(=O)OC(COC(=O)CCCCCCCCC/C=C/CCCCCC)COP(=O)(O)OC[C@H](N)C(=O)O. The minimum Gasteiger partial charge on any atom is -0.480 e. The van der Waals surface area contributed by atoms with Gasteiger partial charge in [0, 0.05) is 12.8 Å². The highest BCUT2D eigenvalue weighted by Crippen LogP contribution is 2.43. The van der Waals surface area contributed by atoms with E-state index in [0.29, 0.717) is 12.8 Å². The Morgan fingerprint density at radius 1 is 0.615 bits per heavy atom. The molecule has 0 aliphatic carbocycles. The Hall–Kier alpha value is -2.82. The summed E-state index contributed by atoms with van der Waals surface area (Å²) in [4.78, 5) is 45.8. The minimum absolute atomic E-state index is 0.112. The van der Waals surface area contributed by atoms with Gasteiger partial charge in [0.15, 0.2) is 6.10 Å². The number of hydrogen-bond acceptors (Lipinski definition) is 9. The highest BCUT2D eigenvalue weighted by Gasteiger charge is 2.28. The van der Waals surface area contributed by atoms with E-state index in [1.807, 2.05) is 36.5 Å². The fraction of sp³-hybridized carbons (Fsp3) is 0.675. The maximum atomic E-state index is 12.5. The molecule has 52 heavy (non-hydrogen) atoms. The molecule has 12 heteroatoms. The summed E-state index contributed by atoms with van der Waals surface area (Å²) in [6, 6.07) is -1.53. The number of rotatable bonds is 35. The van der Waals surface area contributed by atoms with E-state index in [1.54, 1.807) is 0 Å². The van der Waals surface area contributed by atoms with Gasteiger partial charge in [-0.3, -0.25) is 23.4 Å². The number of carbonyl (C=O) groups excluding carboxylic acids is 2. The molecule has 0 rings (SSSR count). The summed E-state index contributed by atoms with van der Waals surface area (Å²) in [5.74, 6) is -2.44. The number of allylic oxidation sites excluding steroid dienone is 10. The topological polar surface area (TPSA) is 172 Å². The molecule has 11 nitrogen and oxygen atoms in total. The Bertz CT molecular complexity index is 1120. The normalized spacial score (nSPS) is 14.5. The molecule has 4 N–H and O–H groups in total. The molecule has 0 aromatic heterocycles. The predicted molar refractivity (Wildman–Crippen MR) is 208 cm³/mol. The fourth-order valence-corrected chi connectivity index (χ4v) is 5.55. The Balaban J connectivity index is 4.50. The lowest BCUT2D eigenvalue weighted by Crippen LogP contribution is -2.34. The van der Waals surface area contributed by atoms with Crippen LogP contribution in [0.3, 0.4) is 0 Å². The summed E-state index contributed by atoms with van der Waals surface area (Å²) in [5.41, 5.74) is 5.31. The summed E-state index contributed by atoms with van der Waals surface area (Å²) >= 11 is 0. The van der Waals surface area contributed by atoms with Crippen molar-refractivity contribution in [1.82, 2.24) is 0 Å². The number of phosphoric acid groups is 1. The third-order valence-corrected chi connectivity index (χ3v) is 8.79. The van der Waals surface area contributed by atoms with Crippen LogP contribution in [0, 0.1) is 0 Å². The first kappa shape index (κ1) is 49.2. The lowest BCUT2D eigenvalue weighted by Gasteiger charge is -2.20. The molecule has 0 heterocycles. The molecule has 0 amide bonds. The lowest BCUT2D eigenvalue weighted by atomic mass is 10.1. The van der Waals surface area contributed by atoms with E-state index in [1.165, 1.54) is 51.4 Å². The van der Waals surface area contributed by atoms with E-state index < -0.39 is 51.1 Å². The molecule has 0 spiro atoms. The Labute approximate surface area is 313 Å². The molecular formula is C40H68NO10P. The molecule has 0 saturated heterocycles. The zero-order valence-corrected chi connectivity index (χ0v) is 32.8. The first-order chi connectivity index (χ1) is 25.1. The van der Waals surface area contributed by atoms with Gasteiger partial charge >= 0.3 is 25.7 Å². The van der Waals surface area contributed by atoms with E-state index >= 15 is 0 Å². The molecule has 0 aromatic carbocycles. The maximum Gasteiger partial charge on any atom is 0.472 e. The van der Waals surface area contributed by atoms with Crippen LogP contribution in [0.15, 0.2) is 60.8 Å². The monoisotopic (exact) mass is 753 g/mol. The van der Waals surface area contributed by atoms with Crippen molar-refractivity contribution in [3.05, 3.63) is 60.8 Å². The van der Waals surface area contributed by atoms with Crippen LogP contribution >= 0.6 is 7.82 Å². The number of nitrogens with two attached hydrogens (primary N) is 1. The van der Waals surface area contributed by atoms with Crippen LogP contribution in [-0.4, -0.2) is 59.9 Å². The fourth-order valence-electron chi connectivity index (χ4n) is 4.77. The lowest BCUT2D eigenvalue weighted by molar-refractivity contribution is -0.161. The average molecular weight is 754 g/mol. The van der Waals surface area contributed by atoms with Crippen LogP contribution in [-0.2, 0) is 37.5 Å². The first-order valence-corrected chi connectivity index (χ1v) is 20.9. The molecule has 2 unspecified atom stereocenters. The second-order valence-electron chi connectivity index (χ2n) is 12.8. The molecular weight excluding hydrogens is 685 g/mol. The highest BCUT2D eigenvalue weighted by atomic mass is 31.2. The van der Waals surface area contributed by atoms with E-state index in [9.17, 15) is 23.8 Å². The standard InChI is InChI=1S/C40H68NO10P/c1-3-5-7-9-11-13-15-17-18-20-21-23-25-27-29-31-38(42)48-33-36(34-49-52(46,47)50-35-37(41)40(44)45)51-39(43)32-30-28-26-24-22-19-16-14-12-10-8-6-4-2/h6,8,10,12-16,19,22,36-37H,3-5,7,9,11,17-18,20-21,23-35,41H2,1-2H3,(H,44,45)(H,46,47)/b8-6+,12-10+,15-13+,16-14+,22-19+/t36?,37-/m0/s1. The van der Waals surface area contributed by atoms with Gasteiger partial charge in [0.2, 0.25) is 0 Å². The van der Waals surface area contributed by atoms with Gasteiger partial charge < -0.3 is 25.2 Å². The quantitative estimate of drug-likeness (QED) is 0.0185. The van der Waals surface area contributed by atoms with Crippen molar-refractivity contribution in [1.29, 1.82) is 0 Å². The molecule has 3 atom stereocenters. The van der Waals surface area contributed by atoms with Gasteiger partial charge in [0.25, 0.3) is 0 Å². The zero-order chi connectivity index (χ0) is 38.5. The van der Waals surface area contributed by atoms with Gasteiger partial charge in [0.1, 0.15) is 12.6 Å². The second kappa shape index (κ2) is 35.2. The number of aliphatic carboxylic acids is 1. The Morgan fingerprint density at radius 2 is 1.10 bits per heavy atom. The van der Waals surface area contributed by atoms with Crippen molar-refractivity contribution in [3.63, 3.8) is 0 Å². The van der Waals surface area contributed by atoms with Crippen molar-refractivity contribution in [2.24, 2.45) is 5.73 Å². The highest BCUT2D eigenvalue weighted by molar-refractivity contribution is 7.47. The van der Waals surface area contributed by atoms with E-state index in [0.717, 1.165) is 51.4 Å². The Morgan fingerprint density at radius 3 is 1.69 bits per heavy atom. The van der Waals surface area contributed by atoms with Crippen LogP contribution in [0.4, 0.5) is 0 Å². The van der Waals surface area contributed by atoms with Gasteiger partial charge in [-0.05, 0) is 57.8 Å².